The molecule has 0 bridgehead atoms. The number of rotatable bonds is 3. The van der Waals surface area contributed by atoms with Crippen LogP contribution in [0.4, 0.5) is 0 Å². The zero-order chi connectivity index (χ0) is 8.81. The predicted octanol–water partition coefficient (Wildman–Crippen LogP) is 1.21. The van der Waals surface area contributed by atoms with Crippen LogP contribution in [-0.4, -0.2) is 18.5 Å². The molecular weight excluding hydrogens is 188 g/mol. The quantitative estimate of drug-likeness (QED) is 0.730. The van der Waals surface area contributed by atoms with Crippen LogP contribution in [0.2, 0.25) is 0 Å². The van der Waals surface area contributed by atoms with E-state index in [1.165, 1.54) is 19.3 Å². The van der Waals surface area contributed by atoms with E-state index in [1.54, 1.807) is 0 Å². The molecule has 0 aromatic rings. The van der Waals surface area contributed by atoms with E-state index in [-0.39, 0.29) is 18.3 Å². The van der Waals surface area contributed by atoms with Gasteiger partial charge in [0.25, 0.3) is 0 Å². The summed E-state index contributed by atoms with van der Waals surface area (Å²) < 4.78 is 0. The van der Waals surface area contributed by atoms with Gasteiger partial charge in [-0.2, -0.15) is 0 Å². The lowest BCUT2D eigenvalue weighted by molar-refractivity contribution is -0.121. The molecule has 0 radical (unpaired) electrons. The second-order valence-electron chi connectivity index (χ2n) is 3.44. The van der Waals surface area contributed by atoms with Gasteiger partial charge in [-0.15, -0.1) is 12.4 Å². The third-order valence-corrected chi connectivity index (χ3v) is 2.34. The molecule has 1 amide bonds. The number of nitrogens with two attached hydrogens (primary N) is 1. The second-order valence-corrected chi connectivity index (χ2v) is 3.44. The van der Waals surface area contributed by atoms with Gasteiger partial charge in [0.05, 0.1) is 0 Å². The van der Waals surface area contributed by atoms with Gasteiger partial charge in [0.2, 0.25) is 5.91 Å². The minimum Gasteiger partial charge on any atom is -0.353 e. The van der Waals surface area contributed by atoms with Gasteiger partial charge in [-0.1, -0.05) is 19.3 Å². The van der Waals surface area contributed by atoms with Crippen LogP contribution in [0.5, 0.6) is 0 Å². The number of hydrogen-bond donors (Lipinski definition) is 2. The van der Waals surface area contributed by atoms with Crippen molar-refractivity contribution in [3.63, 3.8) is 0 Å². The van der Waals surface area contributed by atoms with Gasteiger partial charge in [0, 0.05) is 19.0 Å². The highest BCUT2D eigenvalue weighted by Crippen LogP contribution is 2.17. The molecule has 1 fully saturated rings. The summed E-state index contributed by atoms with van der Waals surface area (Å²) in [5.74, 6) is 0.115. The smallest absolute Gasteiger partial charge is 0.221 e. The summed E-state index contributed by atoms with van der Waals surface area (Å²) >= 11 is 0. The summed E-state index contributed by atoms with van der Waals surface area (Å²) in [7, 11) is 0. The highest BCUT2D eigenvalue weighted by Gasteiger charge is 2.14. The SMILES string of the molecule is Cl.NCCC(=O)NC1CCCCC1. The average Bonchev–Trinajstić information content (AvgIpc) is 2.06. The molecule has 4 heteroatoms. The first-order chi connectivity index (χ1) is 5.83. The number of carbonyl (C=O) groups is 1. The van der Waals surface area contributed by atoms with Crippen molar-refractivity contribution >= 4 is 18.3 Å². The summed E-state index contributed by atoms with van der Waals surface area (Å²) in [6.07, 6.45) is 6.60. The normalized spacial score (nSPS) is 17.6. The van der Waals surface area contributed by atoms with E-state index in [0.29, 0.717) is 19.0 Å². The molecule has 78 valence electrons. The van der Waals surface area contributed by atoms with Crippen LogP contribution < -0.4 is 11.1 Å². The lowest BCUT2D eigenvalue weighted by Gasteiger charge is -2.22. The van der Waals surface area contributed by atoms with Crippen molar-refractivity contribution in [3.05, 3.63) is 0 Å². The number of carbonyl (C=O) groups excluding carboxylic acids is 1. The van der Waals surface area contributed by atoms with E-state index >= 15 is 0 Å². The lowest BCUT2D eigenvalue weighted by atomic mass is 9.95. The first-order valence-electron chi connectivity index (χ1n) is 4.82. The highest BCUT2D eigenvalue weighted by atomic mass is 35.5. The highest BCUT2D eigenvalue weighted by molar-refractivity contribution is 5.85. The van der Waals surface area contributed by atoms with E-state index < -0.39 is 0 Å². The van der Waals surface area contributed by atoms with Crippen LogP contribution >= 0.6 is 12.4 Å². The van der Waals surface area contributed by atoms with Crippen molar-refractivity contribution < 1.29 is 4.79 Å². The van der Waals surface area contributed by atoms with Gasteiger partial charge in [-0.05, 0) is 12.8 Å². The lowest BCUT2D eigenvalue weighted by Crippen LogP contribution is -2.36. The van der Waals surface area contributed by atoms with E-state index in [1.807, 2.05) is 0 Å². The zero-order valence-electron chi connectivity index (χ0n) is 7.92. The number of amides is 1. The van der Waals surface area contributed by atoms with Gasteiger partial charge < -0.3 is 11.1 Å². The first-order valence-corrected chi connectivity index (χ1v) is 4.82. The molecule has 0 aromatic heterocycles. The fourth-order valence-corrected chi connectivity index (χ4v) is 1.68. The van der Waals surface area contributed by atoms with E-state index in [9.17, 15) is 4.79 Å². The van der Waals surface area contributed by atoms with E-state index in [2.05, 4.69) is 5.32 Å². The molecule has 0 unspecified atom stereocenters. The monoisotopic (exact) mass is 206 g/mol. The van der Waals surface area contributed by atoms with Crippen LogP contribution in [0.3, 0.4) is 0 Å². The molecule has 3 nitrogen and oxygen atoms in total. The van der Waals surface area contributed by atoms with Gasteiger partial charge in [-0.25, -0.2) is 0 Å². The van der Waals surface area contributed by atoms with E-state index in [4.69, 9.17) is 5.73 Å². The van der Waals surface area contributed by atoms with Crippen molar-refractivity contribution in [1.29, 1.82) is 0 Å². The minimum absolute atomic E-state index is 0. The fourth-order valence-electron chi connectivity index (χ4n) is 1.68. The third-order valence-electron chi connectivity index (χ3n) is 2.34. The Morgan fingerprint density at radius 2 is 1.92 bits per heavy atom. The van der Waals surface area contributed by atoms with Crippen LogP contribution in [0.25, 0.3) is 0 Å². The van der Waals surface area contributed by atoms with Gasteiger partial charge >= 0.3 is 0 Å². The maximum atomic E-state index is 11.1. The van der Waals surface area contributed by atoms with E-state index in [0.717, 1.165) is 12.8 Å². The predicted molar refractivity (Wildman–Crippen MR) is 55.9 cm³/mol. The molecule has 3 N–H and O–H groups in total. The van der Waals surface area contributed by atoms with Crippen molar-refractivity contribution in [2.75, 3.05) is 6.54 Å². The van der Waals surface area contributed by atoms with Crippen LogP contribution in [0, 0.1) is 0 Å². The maximum Gasteiger partial charge on any atom is 0.221 e. The van der Waals surface area contributed by atoms with Crippen molar-refractivity contribution in [3.8, 4) is 0 Å². The maximum absolute atomic E-state index is 11.1. The Morgan fingerprint density at radius 3 is 2.46 bits per heavy atom. The number of halogens is 1. The van der Waals surface area contributed by atoms with Crippen molar-refractivity contribution in [2.45, 2.75) is 44.6 Å². The Morgan fingerprint density at radius 1 is 1.31 bits per heavy atom. The van der Waals surface area contributed by atoms with Gasteiger partial charge in [0.1, 0.15) is 0 Å². The Labute approximate surface area is 85.9 Å². The Balaban J connectivity index is 0.00000144. The molecule has 1 aliphatic rings. The summed E-state index contributed by atoms with van der Waals surface area (Å²) in [6, 6.07) is 0.429. The first kappa shape index (κ1) is 12.7. The van der Waals surface area contributed by atoms with Gasteiger partial charge in [0.15, 0.2) is 0 Å². The second kappa shape index (κ2) is 7.15. The summed E-state index contributed by atoms with van der Waals surface area (Å²) in [4.78, 5) is 11.1. The minimum atomic E-state index is 0. The topological polar surface area (TPSA) is 55.1 Å². The average molecular weight is 207 g/mol. The molecule has 0 saturated heterocycles. The molecule has 1 rings (SSSR count). The molecule has 0 aliphatic heterocycles. The number of nitrogens with one attached hydrogen (secondary N) is 1. The van der Waals surface area contributed by atoms with Gasteiger partial charge in [-0.3, -0.25) is 4.79 Å². The fraction of sp³-hybridized carbons (Fsp3) is 0.889. The van der Waals surface area contributed by atoms with Crippen LogP contribution in [-0.2, 0) is 4.79 Å². The molecule has 13 heavy (non-hydrogen) atoms. The van der Waals surface area contributed by atoms with Crippen LogP contribution in [0.1, 0.15) is 38.5 Å². The van der Waals surface area contributed by atoms with Crippen molar-refractivity contribution in [2.24, 2.45) is 5.73 Å². The molecule has 0 aromatic carbocycles. The molecule has 0 spiro atoms. The summed E-state index contributed by atoms with van der Waals surface area (Å²) in [5.41, 5.74) is 5.27. The van der Waals surface area contributed by atoms with Crippen LogP contribution in [0.15, 0.2) is 0 Å². The Bertz CT molecular complexity index is 147. The van der Waals surface area contributed by atoms with Crippen molar-refractivity contribution in [1.82, 2.24) is 5.32 Å². The molecule has 1 aliphatic carbocycles. The number of hydrogen-bond acceptors (Lipinski definition) is 2. The Kier molecular flexibility index (Phi) is 7.00. The third kappa shape index (κ3) is 5.11. The Hall–Kier alpha value is -0.280. The summed E-state index contributed by atoms with van der Waals surface area (Å²) in [6.45, 7) is 0.457. The summed E-state index contributed by atoms with van der Waals surface area (Å²) in [5, 5.41) is 3.00. The molecule has 0 atom stereocenters. The molecular formula is C9H19ClN2O. The largest absolute Gasteiger partial charge is 0.353 e. The molecule has 0 heterocycles. The zero-order valence-corrected chi connectivity index (χ0v) is 8.74. The molecule has 1 saturated carbocycles. The standard InChI is InChI=1S/C9H18N2O.ClH/c10-7-6-9(12)11-8-4-2-1-3-5-8;/h8H,1-7,10H2,(H,11,12);1H.